The minimum Gasteiger partial charge on any atom is -0.456 e. The first kappa shape index (κ1) is 10.7. The Morgan fingerprint density at radius 3 is 1.47 bits per heavy atom. The summed E-state index contributed by atoms with van der Waals surface area (Å²) < 4.78 is 259. The van der Waals surface area contributed by atoms with E-state index in [1.54, 1.807) is 0 Å². The second-order valence-electron chi connectivity index (χ2n) is 10.3. The minimum atomic E-state index is -1.12. The highest BCUT2D eigenvalue weighted by Crippen LogP contribution is 2.47. The summed E-state index contributed by atoms with van der Waals surface area (Å²) >= 11 is 0. The molecule has 0 saturated heterocycles. The summed E-state index contributed by atoms with van der Waals surface area (Å²) in [4.78, 5) is 0. The molecule has 1 heterocycles. The fourth-order valence-electron chi connectivity index (χ4n) is 5.87. The highest BCUT2D eigenvalue weighted by atomic mass is 16.3. The number of para-hydroxylation sites is 1. The molecule has 0 amide bonds. The van der Waals surface area contributed by atoms with Crippen LogP contribution in [0.4, 0.5) is 0 Å². The Labute approximate surface area is 311 Å². The lowest BCUT2D eigenvalue weighted by molar-refractivity contribution is 0.669. The zero-order valence-corrected chi connectivity index (χ0v) is 23.4. The van der Waals surface area contributed by atoms with Crippen molar-refractivity contribution < 1.29 is 42.8 Å². The van der Waals surface area contributed by atoms with Crippen molar-refractivity contribution in [1.29, 1.82) is 0 Å². The predicted molar refractivity (Wildman–Crippen MR) is 200 cm³/mol. The normalized spacial score (nSPS) is 20.2. The van der Waals surface area contributed by atoms with Gasteiger partial charge in [-0.3, -0.25) is 0 Å². The molecule has 10 aromatic rings. The van der Waals surface area contributed by atoms with Crippen molar-refractivity contribution in [2.45, 2.75) is 0 Å². The summed E-state index contributed by atoms with van der Waals surface area (Å²) in [5.41, 5.74) is -5.71. The molecule has 47 heavy (non-hydrogen) atoms. The highest BCUT2D eigenvalue weighted by Gasteiger charge is 2.20. The molecule has 9 aromatic carbocycles. The second-order valence-corrected chi connectivity index (χ2v) is 10.3. The van der Waals surface area contributed by atoms with Crippen molar-refractivity contribution in [2.75, 3.05) is 0 Å². The molecule has 1 heteroatoms. The molecule has 1 aromatic heterocycles. The summed E-state index contributed by atoms with van der Waals surface area (Å²) in [5.74, 6) is 0. The molecular formula is C46H28O. The molecule has 0 aliphatic rings. The predicted octanol–water partition coefficient (Wildman–Crippen LogP) is 13.2. The molecular weight excluding hydrogens is 569 g/mol. The van der Waals surface area contributed by atoms with Crippen LogP contribution >= 0.6 is 0 Å². The highest BCUT2D eigenvalue weighted by molar-refractivity contribution is 6.25. The second kappa shape index (κ2) is 10.2. The molecule has 10 rings (SSSR count). The van der Waals surface area contributed by atoms with E-state index in [0.717, 1.165) is 0 Å². The van der Waals surface area contributed by atoms with E-state index in [1.807, 2.05) is 0 Å². The summed E-state index contributed by atoms with van der Waals surface area (Å²) in [6.45, 7) is 0. The molecule has 0 unspecified atom stereocenters. The van der Waals surface area contributed by atoms with Crippen molar-refractivity contribution in [2.24, 2.45) is 0 Å². The van der Waals surface area contributed by atoms with Crippen LogP contribution in [0.2, 0.25) is 0 Å². The molecule has 0 fully saturated rings. The van der Waals surface area contributed by atoms with Gasteiger partial charge in [-0.05, 0) is 94.6 Å². The first-order valence-corrected chi connectivity index (χ1v) is 13.9. The Bertz CT molecular complexity index is 4350. The third-order valence-electron chi connectivity index (χ3n) is 7.82. The summed E-state index contributed by atoms with van der Waals surface area (Å²) in [6, 6.07) is -26.5. The van der Waals surface area contributed by atoms with Crippen LogP contribution in [0.3, 0.4) is 0 Å². The molecule has 0 N–H and O–H groups in total. The van der Waals surface area contributed by atoms with E-state index >= 15 is 0 Å². The van der Waals surface area contributed by atoms with E-state index < -0.39 is 268 Å². The standard InChI is InChI=1S/C46H28O/c1-2-14-31-29(12-1)13-11-22-36(31)45-37-18-5-7-20-39(37)46(40-21-8-6-19-38(40)45)41-26-25-32(33-15-3-4-16-34(33)41)30-24-27-44-42(28-30)35-17-9-10-23-43(35)47-44/h1-28H/i1D,2D,3D,4D,5D,6D,7D,8D,9D,10D,11D,12D,13D,14D,15D,16D,17D,18D,19D,20D,21D,22D,23D,24D,25D,26D,27D,28D. The molecule has 0 aliphatic heterocycles. The third kappa shape index (κ3) is 3.90. The maximum Gasteiger partial charge on any atom is 0.135 e. The van der Waals surface area contributed by atoms with Gasteiger partial charge in [0.1, 0.15) is 11.2 Å². The number of hydrogen-bond acceptors (Lipinski definition) is 1. The summed E-state index contributed by atoms with van der Waals surface area (Å²) in [7, 11) is 0. The zero-order chi connectivity index (χ0) is 55.3. The average Bonchev–Trinajstić information content (AvgIpc) is 3.85. The van der Waals surface area contributed by atoms with E-state index in [-0.39, 0.29) is 0 Å². The first-order valence-electron chi connectivity index (χ1n) is 27.9. The van der Waals surface area contributed by atoms with Gasteiger partial charge in [0.25, 0.3) is 0 Å². The van der Waals surface area contributed by atoms with Crippen molar-refractivity contribution in [1.82, 2.24) is 0 Å². The van der Waals surface area contributed by atoms with Gasteiger partial charge in [-0.15, -0.1) is 0 Å². The first-order chi connectivity index (χ1) is 35.0. The van der Waals surface area contributed by atoms with Gasteiger partial charge in [-0.2, -0.15) is 0 Å². The topological polar surface area (TPSA) is 13.1 Å². The maximum absolute atomic E-state index is 9.89. The number of furan rings is 1. The van der Waals surface area contributed by atoms with Crippen LogP contribution in [-0.2, 0) is 0 Å². The van der Waals surface area contributed by atoms with E-state index in [4.69, 9.17) is 27.7 Å². The SMILES string of the molecule is [2H]c1c([2H])c([2H])c2c(oc3c([2H])c([2H])c(-c4c([2H])c([2H])c(-c5c6c([2H])c([2H])c([2H])c([2H])c6c(-c6c([2H])c([2H])c([2H])c7c([2H])c([2H])c([2H])c([2H])c67)c6c([2H])c([2H])c([2H])c([2H])c56)c5c([2H])c([2H])c([2H])c([2H])c45)c([2H])c32)c1[2H]. The van der Waals surface area contributed by atoms with Crippen LogP contribution < -0.4 is 0 Å². The van der Waals surface area contributed by atoms with Gasteiger partial charge >= 0.3 is 0 Å². The van der Waals surface area contributed by atoms with Crippen molar-refractivity contribution >= 4 is 65.0 Å². The Balaban J connectivity index is 1.54. The Kier molecular flexibility index (Phi) is 2.31. The number of fused-ring (bicyclic) bond motifs is 7. The van der Waals surface area contributed by atoms with Crippen molar-refractivity contribution in [3.63, 3.8) is 0 Å². The minimum absolute atomic E-state index is 0.424. The molecule has 0 spiro atoms. The summed E-state index contributed by atoms with van der Waals surface area (Å²) in [6.07, 6.45) is 0. The van der Waals surface area contributed by atoms with Crippen LogP contribution in [0.25, 0.3) is 98.4 Å². The molecule has 0 aliphatic carbocycles. The Morgan fingerprint density at radius 1 is 0.319 bits per heavy atom. The van der Waals surface area contributed by atoms with Gasteiger partial charge in [0.2, 0.25) is 0 Å². The van der Waals surface area contributed by atoms with Crippen LogP contribution in [-0.4, -0.2) is 0 Å². The van der Waals surface area contributed by atoms with Gasteiger partial charge in [0, 0.05) is 10.8 Å². The van der Waals surface area contributed by atoms with Crippen molar-refractivity contribution in [3.05, 3.63) is 169 Å². The number of hydrogen-bond donors (Lipinski definition) is 0. The molecule has 1 nitrogen and oxygen atoms in total. The average molecular weight is 625 g/mol. The van der Waals surface area contributed by atoms with E-state index in [9.17, 15) is 15.1 Å². The van der Waals surface area contributed by atoms with E-state index in [0.29, 0.717) is 0 Å². The number of rotatable bonds is 3. The van der Waals surface area contributed by atoms with Crippen LogP contribution in [0.1, 0.15) is 38.4 Å². The molecule has 0 radical (unpaired) electrons. The van der Waals surface area contributed by atoms with Gasteiger partial charge in [-0.1, -0.05) is 151 Å². The fraction of sp³-hybridized carbons (Fsp3) is 0. The van der Waals surface area contributed by atoms with Crippen LogP contribution in [0.15, 0.2) is 174 Å². The lowest BCUT2D eigenvalue weighted by Gasteiger charge is -2.20. The van der Waals surface area contributed by atoms with Gasteiger partial charge < -0.3 is 4.42 Å². The zero-order valence-electron chi connectivity index (χ0n) is 51.4. The largest absolute Gasteiger partial charge is 0.456 e. The van der Waals surface area contributed by atoms with Crippen LogP contribution in [0.5, 0.6) is 0 Å². The maximum atomic E-state index is 9.89. The van der Waals surface area contributed by atoms with Gasteiger partial charge in [0.15, 0.2) is 0 Å². The lowest BCUT2D eigenvalue weighted by Crippen LogP contribution is -1.93. The Hall–Kier alpha value is -6.18. The molecule has 0 saturated carbocycles. The number of benzene rings is 9. The molecule has 0 atom stereocenters. The van der Waals surface area contributed by atoms with Crippen molar-refractivity contribution in [3.8, 4) is 33.4 Å². The molecule has 218 valence electrons. The molecule has 0 bridgehead atoms. The van der Waals surface area contributed by atoms with Gasteiger partial charge in [-0.25, -0.2) is 0 Å². The summed E-state index contributed by atoms with van der Waals surface area (Å²) in [5, 5.41) is -6.85. The quantitative estimate of drug-likeness (QED) is 0.178. The smallest absolute Gasteiger partial charge is 0.135 e. The third-order valence-corrected chi connectivity index (χ3v) is 7.82. The fourth-order valence-corrected chi connectivity index (χ4v) is 5.87. The van der Waals surface area contributed by atoms with E-state index in [2.05, 4.69) is 0 Å². The monoisotopic (exact) mass is 624 g/mol. The lowest BCUT2D eigenvalue weighted by atomic mass is 9.83. The van der Waals surface area contributed by atoms with Crippen LogP contribution in [0, 0.1) is 0 Å². The Morgan fingerprint density at radius 2 is 0.787 bits per heavy atom. The van der Waals surface area contributed by atoms with Gasteiger partial charge in [0.05, 0.1) is 38.4 Å². The van der Waals surface area contributed by atoms with E-state index in [1.165, 1.54) is 0 Å².